The maximum absolute atomic E-state index is 10.5. The van der Waals surface area contributed by atoms with Crippen LogP contribution in [0.4, 0.5) is 5.13 Å². The van der Waals surface area contributed by atoms with Crippen LogP contribution >= 0.6 is 11.5 Å². The summed E-state index contributed by atoms with van der Waals surface area (Å²) in [6.45, 7) is 3.31. The van der Waals surface area contributed by atoms with Crippen molar-refractivity contribution in [3.05, 3.63) is 6.33 Å². The van der Waals surface area contributed by atoms with E-state index in [1.165, 1.54) is 11.5 Å². The quantitative estimate of drug-likeness (QED) is 0.769. The average Bonchev–Trinajstić information content (AvgIpc) is 2.71. The third-order valence-electron chi connectivity index (χ3n) is 2.35. The van der Waals surface area contributed by atoms with Crippen LogP contribution in [0.5, 0.6) is 0 Å². The number of hydrogen-bond acceptors (Lipinski definition) is 6. The Morgan fingerprint density at radius 2 is 2.20 bits per heavy atom. The molecule has 0 spiro atoms. The summed E-state index contributed by atoms with van der Waals surface area (Å²) in [5, 5.41) is 9.56. The fourth-order valence-corrected chi connectivity index (χ4v) is 2.18. The van der Waals surface area contributed by atoms with Crippen molar-refractivity contribution in [1.82, 2.24) is 14.3 Å². The van der Waals surface area contributed by atoms with E-state index >= 15 is 0 Å². The Morgan fingerprint density at radius 3 is 2.73 bits per heavy atom. The Hall–Kier alpha value is -1.21. The highest BCUT2D eigenvalue weighted by Gasteiger charge is 2.20. The van der Waals surface area contributed by atoms with Crippen LogP contribution < -0.4 is 4.90 Å². The van der Waals surface area contributed by atoms with Crippen molar-refractivity contribution >= 4 is 22.6 Å². The molecule has 0 atom stereocenters. The van der Waals surface area contributed by atoms with Crippen LogP contribution in [0.15, 0.2) is 6.33 Å². The molecule has 1 saturated heterocycles. The van der Waals surface area contributed by atoms with Crippen LogP contribution in [-0.2, 0) is 4.79 Å². The van der Waals surface area contributed by atoms with Crippen molar-refractivity contribution in [3.8, 4) is 0 Å². The Bertz CT molecular complexity index is 321. The monoisotopic (exact) mass is 228 g/mol. The van der Waals surface area contributed by atoms with Crippen LogP contribution in [0.1, 0.15) is 0 Å². The number of nitrogens with zero attached hydrogens (tertiary/aromatic N) is 4. The number of aromatic nitrogens is 2. The largest absolute Gasteiger partial charge is 0.480 e. The second-order valence-corrected chi connectivity index (χ2v) is 4.14. The molecule has 1 N–H and O–H groups in total. The van der Waals surface area contributed by atoms with E-state index in [4.69, 9.17) is 5.11 Å². The maximum atomic E-state index is 10.5. The van der Waals surface area contributed by atoms with Gasteiger partial charge in [-0.05, 0) is 0 Å². The van der Waals surface area contributed by atoms with E-state index in [-0.39, 0.29) is 6.54 Å². The molecule has 0 amide bonds. The highest BCUT2D eigenvalue weighted by atomic mass is 32.1. The SMILES string of the molecule is O=C(O)CN1CCN(c2ncns2)CC1. The molecule has 0 aromatic carbocycles. The minimum absolute atomic E-state index is 0.129. The van der Waals surface area contributed by atoms with Gasteiger partial charge in [0.15, 0.2) is 0 Å². The molecular weight excluding hydrogens is 216 g/mol. The summed E-state index contributed by atoms with van der Waals surface area (Å²) in [5.41, 5.74) is 0. The second kappa shape index (κ2) is 4.54. The lowest BCUT2D eigenvalue weighted by atomic mass is 10.3. The number of hydrogen-bond donors (Lipinski definition) is 1. The number of carboxylic acid groups (broad SMARTS) is 1. The van der Waals surface area contributed by atoms with Gasteiger partial charge in [0.05, 0.1) is 6.54 Å². The minimum Gasteiger partial charge on any atom is -0.480 e. The maximum Gasteiger partial charge on any atom is 0.317 e. The number of piperazine rings is 1. The molecular formula is C8H12N4O2S. The summed E-state index contributed by atoms with van der Waals surface area (Å²) in [6, 6.07) is 0. The topological polar surface area (TPSA) is 69.6 Å². The molecule has 1 aromatic heterocycles. The van der Waals surface area contributed by atoms with E-state index in [1.54, 1.807) is 6.33 Å². The molecule has 0 radical (unpaired) electrons. The second-order valence-electron chi connectivity index (χ2n) is 3.38. The van der Waals surface area contributed by atoms with E-state index in [0.29, 0.717) is 0 Å². The molecule has 1 fully saturated rings. The third-order valence-corrected chi connectivity index (χ3v) is 3.08. The molecule has 0 saturated carbocycles. The first kappa shape index (κ1) is 10.3. The van der Waals surface area contributed by atoms with Gasteiger partial charge < -0.3 is 10.0 Å². The average molecular weight is 228 g/mol. The van der Waals surface area contributed by atoms with Crippen LogP contribution in [0.3, 0.4) is 0 Å². The Kier molecular flexibility index (Phi) is 3.12. The number of carbonyl (C=O) groups is 1. The zero-order valence-electron chi connectivity index (χ0n) is 8.17. The van der Waals surface area contributed by atoms with E-state index in [0.717, 1.165) is 31.3 Å². The van der Waals surface area contributed by atoms with Gasteiger partial charge in [-0.2, -0.15) is 4.37 Å². The predicted molar refractivity (Wildman–Crippen MR) is 56.2 cm³/mol. The fraction of sp³-hybridized carbons (Fsp3) is 0.625. The Balaban J connectivity index is 1.84. The zero-order valence-corrected chi connectivity index (χ0v) is 8.98. The van der Waals surface area contributed by atoms with Crippen molar-refractivity contribution in [2.24, 2.45) is 0 Å². The molecule has 1 aliphatic rings. The number of anilines is 1. The van der Waals surface area contributed by atoms with Crippen molar-refractivity contribution in [2.75, 3.05) is 37.6 Å². The lowest BCUT2D eigenvalue weighted by Gasteiger charge is -2.33. The van der Waals surface area contributed by atoms with Crippen LogP contribution in [0, 0.1) is 0 Å². The van der Waals surface area contributed by atoms with Gasteiger partial charge in [0.1, 0.15) is 6.33 Å². The van der Waals surface area contributed by atoms with Crippen molar-refractivity contribution in [2.45, 2.75) is 0 Å². The summed E-state index contributed by atoms with van der Waals surface area (Å²) in [6.07, 6.45) is 1.55. The van der Waals surface area contributed by atoms with Gasteiger partial charge in [-0.15, -0.1) is 0 Å². The van der Waals surface area contributed by atoms with E-state index in [2.05, 4.69) is 14.3 Å². The summed E-state index contributed by atoms with van der Waals surface area (Å²) < 4.78 is 3.95. The van der Waals surface area contributed by atoms with Crippen LogP contribution in [0.25, 0.3) is 0 Å². The van der Waals surface area contributed by atoms with Crippen molar-refractivity contribution in [3.63, 3.8) is 0 Å². The zero-order chi connectivity index (χ0) is 10.7. The Labute approximate surface area is 91.3 Å². The van der Waals surface area contributed by atoms with Gasteiger partial charge in [-0.25, -0.2) is 4.98 Å². The van der Waals surface area contributed by atoms with Gasteiger partial charge in [-0.3, -0.25) is 9.69 Å². The van der Waals surface area contributed by atoms with Crippen LogP contribution in [-0.4, -0.2) is 58.1 Å². The summed E-state index contributed by atoms with van der Waals surface area (Å²) in [5.74, 6) is -0.764. The molecule has 1 aromatic rings. The molecule has 2 heterocycles. The van der Waals surface area contributed by atoms with E-state index < -0.39 is 5.97 Å². The molecule has 15 heavy (non-hydrogen) atoms. The summed E-state index contributed by atoms with van der Waals surface area (Å²) >= 11 is 1.37. The van der Waals surface area contributed by atoms with Gasteiger partial charge in [0.25, 0.3) is 0 Å². The lowest BCUT2D eigenvalue weighted by Crippen LogP contribution is -2.47. The van der Waals surface area contributed by atoms with Gasteiger partial charge in [0, 0.05) is 37.7 Å². The molecule has 0 unspecified atom stereocenters. The smallest absolute Gasteiger partial charge is 0.317 e. The first-order chi connectivity index (χ1) is 7.25. The van der Waals surface area contributed by atoms with Gasteiger partial charge in [-0.1, -0.05) is 0 Å². The van der Waals surface area contributed by atoms with Gasteiger partial charge >= 0.3 is 5.97 Å². The molecule has 2 rings (SSSR count). The Morgan fingerprint density at radius 1 is 1.47 bits per heavy atom. The molecule has 6 nitrogen and oxygen atoms in total. The van der Waals surface area contributed by atoms with Crippen molar-refractivity contribution < 1.29 is 9.90 Å². The van der Waals surface area contributed by atoms with E-state index in [1.807, 2.05) is 4.90 Å². The van der Waals surface area contributed by atoms with Crippen LogP contribution in [0.2, 0.25) is 0 Å². The first-order valence-corrected chi connectivity index (χ1v) is 5.49. The third kappa shape index (κ3) is 2.63. The number of carboxylic acids is 1. The highest BCUT2D eigenvalue weighted by Crippen LogP contribution is 2.16. The number of rotatable bonds is 3. The summed E-state index contributed by atoms with van der Waals surface area (Å²) in [4.78, 5) is 18.7. The minimum atomic E-state index is -0.764. The fourth-order valence-electron chi connectivity index (χ4n) is 1.60. The first-order valence-electron chi connectivity index (χ1n) is 4.71. The molecule has 0 aliphatic carbocycles. The normalized spacial score (nSPS) is 18.0. The molecule has 1 aliphatic heterocycles. The molecule has 7 heteroatoms. The van der Waals surface area contributed by atoms with Gasteiger partial charge in [0.2, 0.25) is 5.13 Å². The lowest BCUT2D eigenvalue weighted by molar-refractivity contribution is -0.138. The predicted octanol–water partition coefficient (Wildman–Crippen LogP) is -0.255. The highest BCUT2D eigenvalue weighted by molar-refractivity contribution is 7.09. The van der Waals surface area contributed by atoms with Crippen molar-refractivity contribution in [1.29, 1.82) is 0 Å². The number of aliphatic carboxylic acids is 1. The van der Waals surface area contributed by atoms with E-state index in [9.17, 15) is 4.79 Å². The molecule has 0 bridgehead atoms. The summed E-state index contributed by atoms with van der Waals surface area (Å²) in [7, 11) is 0. The molecule has 82 valence electrons. The standard InChI is InChI=1S/C8H12N4O2S/c13-7(14)5-11-1-3-12(4-2-11)8-9-6-10-15-8/h6H,1-5H2,(H,13,14).